The first-order chi connectivity index (χ1) is 6.68. The van der Waals surface area contributed by atoms with Gasteiger partial charge in [-0.15, -0.1) is 0 Å². The summed E-state index contributed by atoms with van der Waals surface area (Å²) in [5, 5.41) is 0. The minimum absolute atomic E-state index is 0.536. The Bertz CT molecular complexity index is 381. The maximum Gasteiger partial charge on any atom is 0.103 e. The molecule has 0 amide bonds. The predicted octanol–water partition coefficient (Wildman–Crippen LogP) is 3.16. The van der Waals surface area contributed by atoms with E-state index in [1.807, 2.05) is 25.1 Å². The van der Waals surface area contributed by atoms with E-state index in [9.17, 15) is 0 Å². The second kappa shape index (κ2) is 3.73. The zero-order valence-corrected chi connectivity index (χ0v) is 9.71. The number of halogens is 1. The minimum atomic E-state index is 0.536. The van der Waals surface area contributed by atoms with E-state index in [0.29, 0.717) is 5.92 Å². The van der Waals surface area contributed by atoms with E-state index >= 15 is 0 Å². The molecule has 1 aliphatic rings. The monoisotopic (exact) mass is 252 g/mol. The van der Waals surface area contributed by atoms with Crippen LogP contribution in [-0.2, 0) is 0 Å². The summed E-state index contributed by atoms with van der Waals surface area (Å²) >= 11 is 3.48. The highest BCUT2D eigenvalue weighted by molar-refractivity contribution is 9.10. The first kappa shape index (κ1) is 9.71. The third-order valence-electron chi connectivity index (χ3n) is 2.48. The van der Waals surface area contributed by atoms with Crippen molar-refractivity contribution in [3.05, 3.63) is 28.2 Å². The van der Waals surface area contributed by atoms with Gasteiger partial charge in [0, 0.05) is 10.4 Å². The summed E-state index contributed by atoms with van der Waals surface area (Å²) < 4.78 is 1.09. The maximum atomic E-state index is 5.86. The molecule has 1 fully saturated rings. The van der Waals surface area contributed by atoms with Crippen LogP contribution in [-0.4, -0.2) is 5.84 Å². The number of hydrogen-bond acceptors (Lipinski definition) is 1. The third kappa shape index (κ3) is 1.98. The van der Waals surface area contributed by atoms with Crippen LogP contribution in [0.15, 0.2) is 27.7 Å². The smallest absolute Gasteiger partial charge is 0.103 e. The Morgan fingerprint density at radius 2 is 2.21 bits per heavy atom. The van der Waals surface area contributed by atoms with Gasteiger partial charge in [0.05, 0.1) is 5.69 Å². The molecule has 0 saturated heterocycles. The summed E-state index contributed by atoms with van der Waals surface area (Å²) in [6.45, 7) is 2.04. The lowest BCUT2D eigenvalue weighted by atomic mass is 10.2. The Hall–Kier alpha value is -0.830. The predicted molar refractivity (Wildman–Crippen MR) is 62.9 cm³/mol. The van der Waals surface area contributed by atoms with E-state index < -0.39 is 0 Å². The van der Waals surface area contributed by atoms with Crippen LogP contribution in [0, 0.1) is 12.8 Å². The van der Waals surface area contributed by atoms with Crippen LogP contribution in [0.3, 0.4) is 0 Å². The zero-order chi connectivity index (χ0) is 10.1. The third-order valence-corrected chi connectivity index (χ3v) is 3.34. The van der Waals surface area contributed by atoms with Gasteiger partial charge in [-0.1, -0.05) is 22.0 Å². The molecule has 0 aromatic heterocycles. The van der Waals surface area contributed by atoms with E-state index in [2.05, 4.69) is 20.9 Å². The Morgan fingerprint density at radius 1 is 1.50 bits per heavy atom. The van der Waals surface area contributed by atoms with Gasteiger partial charge >= 0.3 is 0 Å². The highest BCUT2D eigenvalue weighted by Crippen LogP contribution is 2.32. The highest BCUT2D eigenvalue weighted by atomic mass is 79.9. The van der Waals surface area contributed by atoms with Crippen molar-refractivity contribution in [3.8, 4) is 0 Å². The van der Waals surface area contributed by atoms with Crippen molar-refractivity contribution in [1.82, 2.24) is 0 Å². The van der Waals surface area contributed by atoms with Crippen molar-refractivity contribution in [2.45, 2.75) is 19.8 Å². The Kier molecular flexibility index (Phi) is 2.59. The van der Waals surface area contributed by atoms with Crippen molar-refractivity contribution in [1.29, 1.82) is 0 Å². The summed E-state index contributed by atoms with van der Waals surface area (Å²) in [6, 6.07) is 5.99. The van der Waals surface area contributed by atoms with Gasteiger partial charge in [0.2, 0.25) is 0 Å². The van der Waals surface area contributed by atoms with Gasteiger partial charge < -0.3 is 5.73 Å². The first-order valence-electron chi connectivity index (χ1n) is 4.77. The van der Waals surface area contributed by atoms with Gasteiger partial charge in [-0.25, -0.2) is 4.99 Å². The van der Waals surface area contributed by atoms with Crippen LogP contribution < -0.4 is 5.73 Å². The molecule has 3 heteroatoms. The highest BCUT2D eigenvalue weighted by Gasteiger charge is 2.25. The molecule has 0 spiro atoms. The van der Waals surface area contributed by atoms with Crippen LogP contribution >= 0.6 is 15.9 Å². The topological polar surface area (TPSA) is 38.4 Å². The minimum Gasteiger partial charge on any atom is -0.387 e. The van der Waals surface area contributed by atoms with Crippen LogP contribution in [0.2, 0.25) is 0 Å². The lowest BCUT2D eigenvalue weighted by Crippen LogP contribution is -2.13. The van der Waals surface area contributed by atoms with Gasteiger partial charge in [-0.05, 0) is 37.5 Å². The molecule has 74 valence electrons. The van der Waals surface area contributed by atoms with E-state index in [-0.39, 0.29) is 0 Å². The molecule has 2 rings (SSSR count). The largest absolute Gasteiger partial charge is 0.387 e. The van der Waals surface area contributed by atoms with E-state index in [4.69, 9.17) is 5.73 Å². The number of nitrogens with zero attached hydrogens (tertiary/aromatic N) is 1. The van der Waals surface area contributed by atoms with Gasteiger partial charge in [-0.2, -0.15) is 0 Å². The average molecular weight is 253 g/mol. The second-order valence-corrected chi connectivity index (χ2v) is 4.55. The molecular formula is C11H13BrN2. The molecule has 0 unspecified atom stereocenters. The van der Waals surface area contributed by atoms with E-state index in [1.165, 1.54) is 12.8 Å². The number of rotatable bonds is 2. The molecule has 0 aliphatic heterocycles. The zero-order valence-electron chi connectivity index (χ0n) is 8.13. The van der Waals surface area contributed by atoms with Crippen molar-refractivity contribution in [3.63, 3.8) is 0 Å². The normalized spacial score (nSPS) is 17.1. The van der Waals surface area contributed by atoms with Crippen molar-refractivity contribution in [2.75, 3.05) is 0 Å². The number of amidine groups is 1. The van der Waals surface area contributed by atoms with Crippen molar-refractivity contribution >= 4 is 27.5 Å². The van der Waals surface area contributed by atoms with E-state index in [1.54, 1.807) is 0 Å². The quantitative estimate of drug-likeness (QED) is 0.638. The lowest BCUT2D eigenvalue weighted by Gasteiger charge is -2.03. The molecule has 2 nitrogen and oxygen atoms in total. The molecule has 2 N–H and O–H groups in total. The molecule has 0 radical (unpaired) electrons. The first-order valence-corrected chi connectivity index (χ1v) is 5.57. The molecule has 0 atom stereocenters. The van der Waals surface area contributed by atoms with Crippen LogP contribution in [0.5, 0.6) is 0 Å². The fraction of sp³-hybridized carbons (Fsp3) is 0.364. The molecule has 1 saturated carbocycles. The number of nitrogens with two attached hydrogens (primary N) is 1. The molecule has 0 heterocycles. The molecule has 14 heavy (non-hydrogen) atoms. The maximum absolute atomic E-state index is 5.86. The van der Waals surface area contributed by atoms with Crippen molar-refractivity contribution in [2.24, 2.45) is 16.6 Å². The van der Waals surface area contributed by atoms with Crippen LogP contribution in [0.4, 0.5) is 5.69 Å². The van der Waals surface area contributed by atoms with Crippen LogP contribution in [0.25, 0.3) is 0 Å². The molecule has 1 aromatic rings. The summed E-state index contributed by atoms with van der Waals surface area (Å²) in [5.74, 6) is 1.32. The average Bonchev–Trinajstić information content (AvgIpc) is 2.95. The Morgan fingerprint density at radius 3 is 2.86 bits per heavy atom. The van der Waals surface area contributed by atoms with Crippen molar-refractivity contribution < 1.29 is 0 Å². The summed E-state index contributed by atoms with van der Waals surface area (Å²) in [7, 11) is 0. The molecule has 0 bridgehead atoms. The molecular weight excluding hydrogens is 240 g/mol. The second-order valence-electron chi connectivity index (χ2n) is 3.69. The Labute approximate surface area is 92.4 Å². The lowest BCUT2D eigenvalue weighted by molar-refractivity contribution is 1.15. The molecule has 1 aromatic carbocycles. The summed E-state index contributed by atoms with van der Waals surface area (Å²) in [5.41, 5.74) is 7.99. The van der Waals surface area contributed by atoms with Gasteiger partial charge in [-0.3, -0.25) is 0 Å². The van der Waals surface area contributed by atoms with Crippen LogP contribution in [0.1, 0.15) is 18.4 Å². The number of benzene rings is 1. The van der Waals surface area contributed by atoms with Gasteiger partial charge in [0.15, 0.2) is 0 Å². The fourth-order valence-electron chi connectivity index (χ4n) is 1.33. The number of aliphatic imine (C=N–C) groups is 1. The van der Waals surface area contributed by atoms with E-state index in [0.717, 1.165) is 21.6 Å². The summed E-state index contributed by atoms with van der Waals surface area (Å²) in [6.07, 6.45) is 2.39. The fourth-order valence-corrected chi connectivity index (χ4v) is 1.68. The number of hydrogen-bond donors (Lipinski definition) is 1. The molecule has 1 aliphatic carbocycles. The van der Waals surface area contributed by atoms with Gasteiger partial charge in [0.25, 0.3) is 0 Å². The SMILES string of the molecule is Cc1c(Br)cccc1N=C(N)C1CC1. The Balaban J connectivity index is 2.31. The standard InChI is InChI=1S/C11H13BrN2/c1-7-9(12)3-2-4-10(7)14-11(13)8-5-6-8/h2-4,8H,5-6H2,1H3,(H2,13,14). The van der Waals surface area contributed by atoms with Gasteiger partial charge in [0.1, 0.15) is 5.84 Å². The summed E-state index contributed by atoms with van der Waals surface area (Å²) in [4.78, 5) is 4.45.